The Hall–Kier alpha value is -3.62. The van der Waals surface area contributed by atoms with E-state index in [0.717, 1.165) is 5.39 Å². The van der Waals surface area contributed by atoms with Crippen LogP contribution in [0.4, 0.5) is 5.82 Å². The second-order valence-electron chi connectivity index (χ2n) is 4.95. The summed E-state index contributed by atoms with van der Waals surface area (Å²) in [6.07, 6.45) is 4.34. The quantitative estimate of drug-likeness (QED) is 0.604. The summed E-state index contributed by atoms with van der Waals surface area (Å²) in [5, 5.41) is 11.5. The maximum atomic E-state index is 12.2. The van der Waals surface area contributed by atoms with Crippen LogP contribution in [0, 0.1) is 0 Å². The number of nitrogens with zero attached hydrogens (tertiary/aromatic N) is 6. The zero-order chi connectivity index (χ0) is 16.4. The van der Waals surface area contributed by atoms with E-state index in [1.54, 1.807) is 12.1 Å². The number of anilines is 1. The molecule has 0 saturated heterocycles. The maximum Gasteiger partial charge on any atom is 0.231 e. The molecule has 0 spiro atoms. The van der Waals surface area contributed by atoms with E-state index in [1.165, 1.54) is 23.7 Å². The largest absolute Gasteiger partial charge is 0.356 e. The van der Waals surface area contributed by atoms with Crippen LogP contribution in [0.25, 0.3) is 16.8 Å². The standard InChI is InChI=1S/C15H11N7O2/c23-15(5-11-10-3-1-2-4-12(10)24-21-11)20-13-6-14(18-8-17-13)22-9-16-7-19-22/h1-4,6-9H,5H2,(H,17,18,20,23). The average Bonchev–Trinajstić information content (AvgIpc) is 3.26. The van der Waals surface area contributed by atoms with Crippen molar-refractivity contribution < 1.29 is 9.32 Å². The Morgan fingerprint density at radius 2 is 2.12 bits per heavy atom. The molecule has 4 aromatic rings. The van der Waals surface area contributed by atoms with Gasteiger partial charge in [-0.3, -0.25) is 4.79 Å². The number of carbonyl (C=O) groups excluding carboxylic acids is 1. The molecule has 9 heteroatoms. The third kappa shape index (κ3) is 2.70. The van der Waals surface area contributed by atoms with Gasteiger partial charge in [-0.2, -0.15) is 5.10 Å². The van der Waals surface area contributed by atoms with Crippen molar-refractivity contribution in [1.82, 2.24) is 29.9 Å². The second-order valence-corrected chi connectivity index (χ2v) is 4.95. The van der Waals surface area contributed by atoms with Gasteiger partial charge in [-0.05, 0) is 12.1 Å². The van der Waals surface area contributed by atoms with Crippen LogP contribution >= 0.6 is 0 Å². The molecule has 118 valence electrons. The Bertz CT molecular complexity index is 994. The molecule has 9 nitrogen and oxygen atoms in total. The molecule has 24 heavy (non-hydrogen) atoms. The third-order valence-corrected chi connectivity index (χ3v) is 3.35. The Morgan fingerprint density at radius 1 is 1.21 bits per heavy atom. The Kier molecular flexibility index (Phi) is 3.43. The van der Waals surface area contributed by atoms with Crippen molar-refractivity contribution in [3.8, 4) is 5.82 Å². The van der Waals surface area contributed by atoms with Crippen LogP contribution in [-0.4, -0.2) is 35.8 Å². The van der Waals surface area contributed by atoms with Crippen molar-refractivity contribution in [1.29, 1.82) is 0 Å². The van der Waals surface area contributed by atoms with Crippen molar-refractivity contribution in [2.45, 2.75) is 6.42 Å². The van der Waals surface area contributed by atoms with E-state index < -0.39 is 0 Å². The molecule has 0 aliphatic heterocycles. The molecule has 3 aromatic heterocycles. The molecule has 0 bridgehead atoms. The van der Waals surface area contributed by atoms with Gasteiger partial charge in [-0.25, -0.2) is 19.6 Å². The topological polar surface area (TPSA) is 112 Å². The summed E-state index contributed by atoms with van der Waals surface area (Å²) < 4.78 is 6.67. The first kappa shape index (κ1) is 14.0. The van der Waals surface area contributed by atoms with Gasteiger partial charge in [-0.15, -0.1) is 0 Å². The number of amides is 1. The number of para-hydroxylation sites is 1. The van der Waals surface area contributed by atoms with Crippen LogP contribution in [0.1, 0.15) is 5.69 Å². The summed E-state index contributed by atoms with van der Waals surface area (Å²) in [6.45, 7) is 0. The minimum Gasteiger partial charge on any atom is -0.356 e. The third-order valence-electron chi connectivity index (χ3n) is 3.35. The average molecular weight is 321 g/mol. The summed E-state index contributed by atoms with van der Waals surface area (Å²) in [5.41, 5.74) is 1.23. The van der Waals surface area contributed by atoms with Crippen molar-refractivity contribution in [3.63, 3.8) is 0 Å². The predicted molar refractivity (Wildman–Crippen MR) is 83.3 cm³/mol. The number of aromatic nitrogens is 6. The highest BCUT2D eigenvalue weighted by atomic mass is 16.5. The van der Waals surface area contributed by atoms with Gasteiger partial charge in [0.25, 0.3) is 0 Å². The Morgan fingerprint density at radius 3 is 3.00 bits per heavy atom. The number of fused-ring (bicyclic) bond motifs is 1. The van der Waals surface area contributed by atoms with Gasteiger partial charge in [0.15, 0.2) is 11.4 Å². The summed E-state index contributed by atoms with van der Waals surface area (Å²) in [6, 6.07) is 8.99. The summed E-state index contributed by atoms with van der Waals surface area (Å²) in [7, 11) is 0. The molecular weight excluding hydrogens is 310 g/mol. The van der Waals surface area contributed by atoms with E-state index in [1.807, 2.05) is 18.2 Å². The van der Waals surface area contributed by atoms with E-state index in [4.69, 9.17) is 4.52 Å². The number of hydrogen-bond donors (Lipinski definition) is 1. The molecule has 0 aliphatic carbocycles. The highest BCUT2D eigenvalue weighted by molar-refractivity contribution is 5.94. The van der Waals surface area contributed by atoms with E-state index in [-0.39, 0.29) is 12.3 Å². The molecule has 0 unspecified atom stereocenters. The Labute approximate surface area is 135 Å². The zero-order valence-electron chi connectivity index (χ0n) is 12.3. The van der Waals surface area contributed by atoms with Gasteiger partial charge < -0.3 is 9.84 Å². The van der Waals surface area contributed by atoms with Gasteiger partial charge >= 0.3 is 0 Å². The molecule has 1 amide bonds. The van der Waals surface area contributed by atoms with Crippen molar-refractivity contribution in [2.75, 3.05) is 5.32 Å². The first-order valence-corrected chi connectivity index (χ1v) is 7.10. The minimum atomic E-state index is -0.253. The normalized spacial score (nSPS) is 10.8. The first-order chi connectivity index (χ1) is 11.8. The summed E-state index contributed by atoms with van der Waals surface area (Å²) in [4.78, 5) is 24.2. The van der Waals surface area contributed by atoms with Crippen LogP contribution in [-0.2, 0) is 11.2 Å². The number of carbonyl (C=O) groups is 1. The highest BCUT2D eigenvalue weighted by Gasteiger charge is 2.13. The van der Waals surface area contributed by atoms with Crippen LogP contribution in [0.15, 0.2) is 53.8 Å². The van der Waals surface area contributed by atoms with Crippen LogP contribution in [0.5, 0.6) is 0 Å². The molecule has 3 heterocycles. The molecule has 0 radical (unpaired) electrons. The van der Waals surface area contributed by atoms with Gasteiger partial charge in [0, 0.05) is 11.5 Å². The number of benzene rings is 1. The SMILES string of the molecule is O=C(Cc1noc2ccccc12)Nc1cc(-n2cncn2)ncn1. The van der Waals surface area contributed by atoms with Crippen LogP contribution in [0.3, 0.4) is 0 Å². The fourth-order valence-corrected chi connectivity index (χ4v) is 2.27. The molecule has 4 rings (SSSR count). The minimum absolute atomic E-state index is 0.0830. The fraction of sp³-hybridized carbons (Fsp3) is 0.0667. The molecule has 0 saturated carbocycles. The first-order valence-electron chi connectivity index (χ1n) is 7.10. The second kappa shape index (κ2) is 5.88. The lowest BCUT2D eigenvalue weighted by molar-refractivity contribution is -0.115. The van der Waals surface area contributed by atoms with Crippen molar-refractivity contribution in [2.24, 2.45) is 0 Å². The molecule has 0 fully saturated rings. The number of hydrogen-bond acceptors (Lipinski definition) is 7. The predicted octanol–water partition coefficient (Wildman–Crippen LogP) is 1.38. The van der Waals surface area contributed by atoms with E-state index in [9.17, 15) is 4.79 Å². The van der Waals surface area contributed by atoms with Crippen molar-refractivity contribution >= 4 is 22.7 Å². The molecular formula is C15H11N7O2. The number of nitrogens with one attached hydrogen (secondary N) is 1. The smallest absolute Gasteiger partial charge is 0.231 e. The molecule has 1 N–H and O–H groups in total. The van der Waals surface area contributed by atoms with Gasteiger partial charge in [-0.1, -0.05) is 17.3 Å². The van der Waals surface area contributed by atoms with E-state index in [2.05, 4.69) is 30.5 Å². The van der Waals surface area contributed by atoms with E-state index >= 15 is 0 Å². The maximum absolute atomic E-state index is 12.2. The van der Waals surface area contributed by atoms with Crippen LogP contribution < -0.4 is 5.32 Å². The summed E-state index contributed by atoms with van der Waals surface area (Å²) in [5.74, 6) is 0.621. The lowest BCUT2D eigenvalue weighted by Crippen LogP contribution is -2.16. The fourth-order valence-electron chi connectivity index (χ4n) is 2.27. The van der Waals surface area contributed by atoms with Gasteiger partial charge in [0.05, 0.1) is 6.42 Å². The molecule has 1 aromatic carbocycles. The van der Waals surface area contributed by atoms with Crippen LogP contribution in [0.2, 0.25) is 0 Å². The summed E-state index contributed by atoms with van der Waals surface area (Å²) >= 11 is 0. The number of rotatable bonds is 4. The highest BCUT2D eigenvalue weighted by Crippen LogP contribution is 2.18. The lowest BCUT2D eigenvalue weighted by atomic mass is 10.1. The van der Waals surface area contributed by atoms with Gasteiger partial charge in [0.2, 0.25) is 5.91 Å². The zero-order valence-corrected chi connectivity index (χ0v) is 12.3. The lowest BCUT2D eigenvalue weighted by Gasteiger charge is -2.04. The molecule has 0 atom stereocenters. The van der Waals surface area contributed by atoms with Gasteiger partial charge in [0.1, 0.15) is 30.5 Å². The Balaban J connectivity index is 1.51. The monoisotopic (exact) mass is 321 g/mol. The molecule has 0 aliphatic rings. The van der Waals surface area contributed by atoms with Crippen molar-refractivity contribution in [3.05, 3.63) is 55.0 Å². The van der Waals surface area contributed by atoms with E-state index in [0.29, 0.717) is 22.9 Å².